The van der Waals surface area contributed by atoms with Gasteiger partial charge in [0.1, 0.15) is 0 Å². The van der Waals surface area contributed by atoms with Crippen molar-refractivity contribution >= 4 is 17.9 Å². The summed E-state index contributed by atoms with van der Waals surface area (Å²) in [6.07, 6.45) is 9.29. The van der Waals surface area contributed by atoms with Crippen LogP contribution < -0.4 is 56.7 Å². The maximum Gasteiger partial charge on any atom is 1.00 e. The third-order valence-electron chi connectivity index (χ3n) is 5.32. The van der Waals surface area contributed by atoms with E-state index < -0.39 is 0 Å². The fourth-order valence-corrected chi connectivity index (χ4v) is 3.40. The van der Waals surface area contributed by atoms with E-state index in [4.69, 9.17) is 0 Å². The van der Waals surface area contributed by atoms with Crippen molar-refractivity contribution in [1.29, 1.82) is 0 Å². The van der Waals surface area contributed by atoms with E-state index in [2.05, 4.69) is 44.6 Å². The molecule has 1 amide bonds. The molecule has 0 aromatic heterocycles. The normalized spacial score (nSPS) is 13.5. The summed E-state index contributed by atoms with van der Waals surface area (Å²) in [6, 6.07) is 11.7. The molecular weight excluding hydrogens is 385 g/mol. The standard InChI is InChI=1S/C16H22NO.C9H8O.K/c1-3-13-9-10-15(11-12(13)2)17-16(18)14-7-5-4-6-8-14;1-7-4-3-5-9(6-10)8(7)2;/h4,9-11,14H,3,5-8H2,1-2H3,(H,17,18);3-5H,2H2,1H3;/q-1;-2;+1. The number of carbonyl (C=O) groups excluding carboxylic acids is 2. The first kappa shape index (κ1) is 26.1. The first-order chi connectivity index (χ1) is 13.5. The molecule has 0 aliphatic heterocycles. The van der Waals surface area contributed by atoms with Crippen molar-refractivity contribution in [3.05, 3.63) is 77.6 Å². The predicted octanol–water partition coefficient (Wildman–Crippen LogP) is 2.53. The van der Waals surface area contributed by atoms with Gasteiger partial charge in [0.15, 0.2) is 0 Å². The molecule has 2 aromatic carbocycles. The number of amides is 1. The van der Waals surface area contributed by atoms with Gasteiger partial charge in [-0.3, -0.25) is 22.8 Å². The van der Waals surface area contributed by atoms with Gasteiger partial charge in [-0.2, -0.15) is 12.8 Å². The van der Waals surface area contributed by atoms with Crippen molar-refractivity contribution < 1.29 is 61.0 Å². The summed E-state index contributed by atoms with van der Waals surface area (Å²) < 4.78 is 0. The van der Waals surface area contributed by atoms with E-state index in [1.54, 1.807) is 6.07 Å². The van der Waals surface area contributed by atoms with Crippen LogP contribution in [0.3, 0.4) is 0 Å². The molecule has 0 unspecified atom stereocenters. The fourth-order valence-electron chi connectivity index (χ4n) is 3.40. The second-order valence-corrected chi connectivity index (χ2v) is 7.33. The zero-order valence-corrected chi connectivity index (χ0v) is 21.3. The SMILES string of the molecule is CCc1ccc(NC(=O)C2CC[CH-]CC2)cc1C.[CH2-]c1c(C)cccc1[C-]=O.[K+]. The van der Waals surface area contributed by atoms with Crippen LogP contribution in [0.4, 0.5) is 5.69 Å². The second-order valence-electron chi connectivity index (χ2n) is 7.33. The summed E-state index contributed by atoms with van der Waals surface area (Å²) in [5, 5.41) is 3.05. The minimum Gasteiger partial charge on any atom is -0.391 e. The molecule has 150 valence electrons. The largest absolute Gasteiger partial charge is 1.00 e. The smallest absolute Gasteiger partial charge is 0.391 e. The Morgan fingerprint density at radius 1 is 1.17 bits per heavy atom. The Balaban J connectivity index is 0.000000327. The number of nitrogens with one attached hydrogen (secondary N) is 1. The van der Waals surface area contributed by atoms with Gasteiger partial charge < -0.3 is 16.5 Å². The second kappa shape index (κ2) is 13.4. The molecule has 1 aliphatic rings. The van der Waals surface area contributed by atoms with Gasteiger partial charge in [0.25, 0.3) is 0 Å². The first-order valence-corrected chi connectivity index (χ1v) is 9.98. The number of benzene rings is 2. The quantitative estimate of drug-likeness (QED) is 0.616. The van der Waals surface area contributed by atoms with Crippen LogP contribution >= 0.6 is 0 Å². The van der Waals surface area contributed by atoms with Crippen molar-refractivity contribution in [2.75, 3.05) is 5.32 Å². The maximum atomic E-state index is 12.1. The van der Waals surface area contributed by atoms with E-state index in [-0.39, 0.29) is 63.2 Å². The van der Waals surface area contributed by atoms with Gasteiger partial charge in [0.2, 0.25) is 5.91 Å². The van der Waals surface area contributed by atoms with Crippen LogP contribution in [0.25, 0.3) is 0 Å². The van der Waals surface area contributed by atoms with Crippen LogP contribution in [0.5, 0.6) is 0 Å². The minimum absolute atomic E-state index is 0. The minimum atomic E-state index is 0. The molecule has 0 atom stereocenters. The molecule has 0 bridgehead atoms. The van der Waals surface area contributed by atoms with Gasteiger partial charge >= 0.3 is 51.4 Å². The Morgan fingerprint density at radius 2 is 1.86 bits per heavy atom. The summed E-state index contributed by atoms with van der Waals surface area (Å²) in [5.41, 5.74) is 5.90. The van der Waals surface area contributed by atoms with Crippen LogP contribution in [0.15, 0.2) is 36.4 Å². The Labute approximate surface area is 218 Å². The average Bonchev–Trinajstić information content (AvgIpc) is 2.71. The Morgan fingerprint density at radius 3 is 2.41 bits per heavy atom. The number of carbonyl (C=O) groups is 1. The maximum absolute atomic E-state index is 12.1. The third kappa shape index (κ3) is 8.03. The molecule has 29 heavy (non-hydrogen) atoms. The van der Waals surface area contributed by atoms with Crippen molar-refractivity contribution in [3.63, 3.8) is 0 Å². The molecule has 0 spiro atoms. The van der Waals surface area contributed by atoms with Crippen molar-refractivity contribution in [2.45, 2.75) is 52.9 Å². The summed E-state index contributed by atoms with van der Waals surface area (Å²) in [4.78, 5) is 22.3. The number of rotatable bonds is 4. The van der Waals surface area contributed by atoms with Gasteiger partial charge in [-0.15, -0.1) is 12.1 Å². The zero-order valence-electron chi connectivity index (χ0n) is 18.2. The van der Waals surface area contributed by atoms with E-state index in [0.29, 0.717) is 5.56 Å². The van der Waals surface area contributed by atoms with Gasteiger partial charge in [0, 0.05) is 11.6 Å². The van der Waals surface area contributed by atoms with Crippen molar-refractivity contribution in [2.24, 2.45) is 5.92 Å². The van der Waals surface area contributed by atoms with Gasteiger partial charge in [-0.05, 0) is 42.9 Å². The molecule has 0 heterocycles. The summed E-state index contributed by atoms with van der Waals surface area (Å²) in [6.45, 7) is 9.90. The molecule has 1 saturated carbocycles. The van der Waals surface area contributed by atoms with Crippen molar-refractivity contribution in [1.82, 2.24) is 0 Å². The van der Waals surface area contributed by atoms with Crippen LogP contribution in [-0.4, -0.2) is 12.2 Å². The van der Waals surface area contributed by atoms with E-state index in [1.165, 1.54) is 11.1 Å². The van der Waals surface area contributed by atoms with E-state index in [9.17, 15) is 9.59 Å². The van der Waals surface area contributed by atoms with Gasteiger partial charge in [-0.25, -0.2) is 11.6 Å². The van der Waals surface area contributed by atoms with Gasteiger partial charge in [-0.1, -0.05) is 32.8 Å². The van der Waals surface area contributed by atoms with E-state index in [1.807, 2.05) is 31.4 Å². The predicted molar refractivity (Wildman–Crippen MR) is 116 cm³/mol. The topological polar surface area (TPSA) is 46.2 Å². The summed E-state index contributed by atoms with van der Waals surface area (Å²) in [5.74, 6) is 0.382. The van der Waals surface area contributed by atoms with Crippen LogP contribution in [-0.2, 0) is 16.0 Å². The van der Waals surface area contributed by atoms with Crippen LogP contribution in [0, 0.1) is 33.1 Å². The summed E-state index contributed by atoms with van der Waals surface area (Å²) >= 11 is 0. The zero-order chi connectivity index (χ0) is 20.5. The molecule has 3 rings (SSSR count). The van der Waals surface area contributed by atoms with E-state index in [0.717, 1.165) is 48.9 Å². The molecule has 3 nitrogen and oxygen atoms in total. The van der Waals surface area contributed by atoms with Crippen LogP contribution in [0.2, 0.25) is 0 Å². The number of hydrogen-bond donors (Lipinski definition) is 1. The molecule has 1 aliphatic carbocycles. The number of hydrogen-bond acceptors (Lipinski definition) is 2. The molecule has 4 heteroatoms. The molecule has 0 radical (unpaired) electrons. The van der Waals surface area contributed by atoms with Gasteiger partial charge in [0.05, 0.1) is 0 Å². The molecular formula is C25H30KNO2-2. The average molecular weight is 416 g/mol. The van der Waals surface area contributed by atoms with Crippen molar-refractivity contribution in [3.8, 4) is 0 Å². The summed E-state index contributed by atoms with van der Waals surface area (Å²) in [7, 11) is 0. The van der Waals surface area contributed by atoms with Crippen LogP contribution in [0.1, 0.15) is 60.4 Å². The molecule has 2 aromatic rings. The first-order valence-electron chi connectivity index (χ1n) is 9.98. The van der Waals surface area contributed by atoms with E-state index >= 15 is 0 Å². The third-order valence-corrected chi connectivity index (χ3v) is 5.32. The Bertz CT molecular complexity index is 810. The monoisotopic (exact) mass is 415 g/mol. The number of aryl methyl sites for hydroxylation is 3. The Hall–Kier alpha value is -0.914. The molecule has 1 fully saturated rings. The number of anilines is 1. The molecule has 0 saturated heterocycles. The fraction of sp³-hybridized carbons (Fsp3) is 0.360. The Kier molecular flexibility index (Phi) is 12.1. The molecule has 1 N–H and O–H groups in total.